The molecule has 0 heterocycles. The van der Waals surface area contributed by atoms with Crippen LogP contribution in [0, 0.1) is 5.82 Å². The topological polar surface area (TPSA) is 52.4 Å². The van der Waals surface area contributed by atoms with Crippen molar-refractivity contribution in [2.24, 2.45) is 10.2 Å². The summed E-state index contributed by atoms with van der Waals surface area (Å²) in [4.78, 5) is 0. The third-order valence-corrected chi connectivity index (χ3v) is 3.04. The van der Waals surface area contributed by atoms with Crippen LogP contribution in [0.1, 0.15) is 11.1 Å². The number of nitrogens with zero attached hydrogens (tertiary/aromatic N) is 2. The highest BCUT2D eigenvalue weighted by Gasteiger charge is 2.12. The van der Waals surface area contributed by atoms with Crippen LogP contribution in [0.2, 0.25) is 0 Å². The van der Waals surface area contributed by atoms with Crippen LogP contribution in [0.5, 0.6) is 17.2 Å². The number of hydrogen-bond acceptors (Lipinski definition) is 5. The molecule has 0 unspecified atom stereocenters. The fraction of sp³-hybridized carbons (Fsp3) is 0.176. The van der Waals surface area contributed by atoms with Gasteiger partial charge < -0.3 is 14.2 Å². The molecule has 0 bridgehead atoms. The molecule has 0 atom stereocenters. The van der Waals surface area contributed by atoms with Crippen molar-refractivity contribution >= 4 is 12.4 Å². The van der Waals surface area contributed by atoms with Gasteiger partial charge in [-0.3, -0.25) is 0 Å². The summed E-state index contributed by atoms with van der Waals surface area (Å²) in [5.41, 5.74) is 1.50. The Morgan fingerprint density at radius 2 is 1.30 bits per heavy atom. The van der Waals surface area contributed by atoms with Gasteiger partial charge in [0.2, 0.25) is 5.75 Å². The molecule has 0 saturated carbocycles. The molecule has 120 valence electrons. The van der Waals surface area contributed by atoms with Gasteiger partial charge in [0.05, 0.1) is 33.8 Å². The number of ether oxygens (including phenoxy) is 3. The van der Waals surface area contributed by atoms with E-state index in [1.54, 1.807) is 51.8 Å². The summed E-state index contributed by atoms with van der Waals surface area (Å²) in [6.07, 6.45) is 3.10. The molecule has 0 spiro atoms. The summed E-state index contributed by atoms with van der Waals surface area (Å²) < 4.78 is 28.6. The van der Waals surface area contributed by atoms with Gasteiger partial charge in [-0.1, -0.05) is 12.1 Å². The summed E-state index contributed by atoms with van der Waals surface area (Å²) in [6.45, 7) is 0. The summed E-state index contributed by atoms with van der Waals surface area (Å²) in [6, 6.07) is 9.49. The number of halogens is 1. The second-order valence-electron chi connectivity index (χ2n) is 4.50. The third-order valence-electron chi connectivity index (χ3n) is 3.04. The third kappa shape index (κ3) is 4.29. The fourth-order valence-corrected chi connectivity index (χ4v) is 1.92. The highest BCUT2D eigenvalue weighted by atomic mass is 19.1. The first-order chi connectivity index (χ1) is 11.2. The molecule has 2 aromatic rings. The Morgan fingerprint density at radius 3 is 1.78 bits per heavy atom. The molecule has 0 aromatic heterocycles. The van der Waals surface area contributed by atoms with Gasteiger partial charge in [0.15, 0.2) is 11.5 Å². The van der Waals surface area contributed by atoms with Gasteiger partial charge in [-0.05, 0) is 29.8 Å². The average Bonchev–Trinajstić information content (AvgIpc) is 2.59. The van der Waals surface area contributed by atoms with Gasteiger partial charge in [0.25, 0.3) is 0 Å². The van der Waals surface area contributed by atoms with Crippen molar-refractivity contribution in [1.82, 2.24) is 0 Å². The van der Waals surface area contributed by atoms with Gasteiger partial charge >= 0.3 is 0 Å². The van der Waals surface area contributed by atoms with Gasteiger partial charge in [-0.2, -0.15) is 10.2 Å². The van der Waals surface area contributed by atoms with Crippen molar-refractivity contribution in [3.05, 3.63) is 53.3 Å². The van der Waals surface area contributed by atoms with Gasteiger partial charge in [0.1, 0.15) is 5.82 Å². The van der Waals surface area contributed by atoms with Crippen LogP contribution in [-0.4, -0.2) is 33.8 Å². The fourth-order valence-electron chi connectivity index (χ4n) is 1.92. The van der Waals surface area contributed by atoms with Crippen molar-refractivity contribution in [3.8, 4) is 17.2 Å². The molecule has 6 heteroatoms. The summed E-state index contributed by atoms with van der Waals surface area (Å²) in [5, 5.41) is 7.89. The Bertz CT molecular complexity index is 687. The van der Waals surface area contributed by atoms with Gasteiger partial charge in [-0.15, -0.1) is 0 Å². The lowest BCUT2D eigenvalue weighted by Crippen LogP contribution is -1.96. The van der Waals surface area contributed by atoms with E-state index < -0.39 is 0 Å². The van der Waals surface area contributed by atoms with E-state index in [9.17, 15) is 4.39 Å². The molecular weight excluding hydrogens is 299 g/mol. The lowest BCUT2D eigenvalue weighted by Gasteiger charge is -2.12. The first-order valence-corrected chi connectivity index (χ1v) is 6.80. The molecule has 0 aliphatic carbocycles. The zero-order valence-corrected chi connectivity index (χ0v) is 13.1. The van der Waals surface area contributed by atoms with E-state index in [0.717, 1.165) is 11.1 Å². The van der Waals surface area contributed by atoms with Gasteiger partial charge in [-0.25, -0.2) is 4.39 Å². The van der Waals surface area contributed by atoms with Crippen LogP contribution in [0.25, 0.3) is 0 Å². The molecule has 0 N–H and O–H groups in total. The molecule has 23 heavy (non-hydrogen) atoms. The molecule has 0 aliphatic rings. The predicted molar refractivity (Wildman–Crippen MR) is 87.7 cm³/mol. The number of benzene rings is 2. The summed E-state index contributed by atoms with van der Waals surface area (Å²) in [5.74, 6) is 1.30. The molecule has 0 fully saturated rings. The number of methoxy groups -OCH3 is 3. The monoisotopic (exact) mass is 316 g/mol. The van der Waals surface area contributed by atoms with Gasteiger partial charge in [0, 0.05) is 5.56 Å². The lowest BCUT2D eigenvalue weighted by atomic mass is 10.2. The second-order valence-corrected chi connectivity index (χ2v) is 4.50. The molecule has 0 saturated heterocycles. The zero-order valence-electron chi connectivity index (χ0n) is 13.1. The van der Waals surface area contributed by atoms with Crippen molar-refractivity contribution in [1.29, 1.82) is 0 Å². The minimum absolute atomic E-state index is 0.289. The first kappa shape index (κ1) is 16.5. The molecular formula is C17H17FN2O3. The normalized spacial score (nSPS) is 11.1. The number of rotatable bonds is 6. The molecule has 0 radical (unpaired) electrons. The van der Waals surface area contributed by atoms with Crippen LogP contribution in [0.15, 0.2) is 46.6 Å². The Labute approximate surface area is 134 Å². The van der Waals surface area contributed by atoms with Crippen LogP contribution >= 0.6 is 0 Å². The molecule has 5 nitrogen and oxygen atoms in total. The van der Waals surface area contributed by atoms with E-state index in [1.807, 2.05) is 0 Å². The van der Waals surface area contributed by atoms with E-state index in [0.29, 0.717) is 17.2 Å². The minimum Gasteiger partial charge on any atom is -0.493 e. The Hall–Kier alpha value is -2.89. The van der Waals surface area contributed by atoms with Crippen LogP contribution in [0.3, 0.4) is 0 Å². The Morgan fingerprint density at radius 1 is 0.783 bits per heavy atom. The lowest BCUT2D eigenvalue weighted by molar-refractivity contribution is 0.324. The van der Waals surface area contributed by atoms with Crippen LogP contribution in [0.4, 0.5) is 4.39 Å². The largest absolute Gasteiger partial charge is 0.493 e. The van der Waals surface area contributed by atoms with E-state index >= 15 is 0 Å². The standard InChI is InChI=1S/C17H17FN2O3/c1-21-15-8-13(9-16(22-2)17(15)23-3)11-20-19-10-12-4-6-14(18)7-5-12/h4-11H,1-3H3/b19-10+,20-11-. The quantitative estimate of drug-likeness (QED) is 0.607. The zero-order chi connectivity index (χ0) is 16.7. The van der Waals surface area contributed by atoms with E-state index in [2.05, 4.69) is 10.2 Å². The van der Waals surface area contributed by atoms with Crippen molar-refractivity contribution in [2.75, 3.05) is 21.3 Å². The molecule has 2 rings (SSSR count). The maximum Gasteiger partial charge on any atom is 0.203 e. The highest BCUT2D eigenvalue weighted by Crippen LogP contribution is 2.37. The average molecular weight is 316 g/mol. The SMILES string of the molecule is COc1cc(/C=N\N=C\c2ccc(F)cc2)cc(OC)c1OC. The van der Waals surface area contributed by atoms with E-state index in [1.165, 1.54) is 18.3 Å². The van der Waals surface area contributed by atoms with E-state index in [-0.39, 0.29) is 5.82 Å². The minimum atomic E-state index is -0.289. The summed E-state index contributed by atoms with van der Waals surface area (Å²) >= 11 is 0. The second kappa shape index (κ2) is 7.93. The maximum absolute atomic E-state index is 12.8. The Kier molecular flexibility index (Phi) is 5.68. The van der Waals surface area contributed by atoms with Crippen molar-refractivity contribution in [3.63, 3.8) is 0 Å². The number of hydrogen-bond donors (Lipinski definition) is 0. The smallest absolute Gasteiger partial charge is 0.203 e. The summed E-state index contributed by atoms with van der Waals surface area (Å²) in [7, 11) is 4.64. The molecule has 0 amide bonds. The van der Waals surface area contributed by atoms with Crippen LogP contribution < -0.4 is 14.2 Å². The molecule has 0 aliphatic heterocycles. The Balaban J connectivity index is 2.17. The maximum atomic E-state index is 12.8. The van der Waals surface area contributed by atoms with Crippen LogP contribution in [-0.2, 0) is 0 Å². The van der Waals surface area contributed by atoms with Crippen molar-refractivity contribution < 1.29 is 18.6 Å². The first-order valence-electron chi connectivity index (χ1n) is 6.80. The predicted octanol–water partition coefficient (Wildman–Crippen LogP) is 3.30. The van der Waals surface area contributed by atoms with Crippen molar-refractivity contribution in [2.45, 2.75) is 0 Å². The van der Waals surface area contributed by atoms with E-state index in [4.69, 9.17) is 14.2 Å². The molecule has 2 aromatic carbocycles. The highest BCUT2D eigenvalue weighted by molar-refractivity contribution is 5.84.